The van der Waals surface area contributed by atoms with Gasteiger partial charge in [-0.3, -0.25) is 9.59 Å². The van der Waals surface area contributed by atoms with Gasteiger partial charge >= 0.3 is 0 Å². The zero-order valence-electron chi connectivity index (χ0n) is 8.53. The largest absolute Gasteiger partial charge is 0.393 e. The fourth-order valence-electron chi connectivity index (χ4n) is 1.03. The fraction of sp³-hybridized carbons (Fsp3) is 0.333. The molecule has 6 nitrogen and oxygen atoms in total. The van der Waals surface area contributed by atoms with E-state index in [4.69, 9.17) is 18.0 Å². The number of carbonyl (C=O) groups is 1. The summed E-state index contributed by atoms with van der Waals surface area (Å²) in [6, 6.07) is 2.61. The van der Waals surface area contributed by atoms with Crippen molar-refractivity contribution in [1.82, 2.24) is 15.5 Å². The lowest BCUT2D eigenvalue weighted by atomic mass is 10.3. The molecule has 1 rings (SSSR count). The molecule has 1 aromatic heterocycles. The van der Waals surface area contributed by atoms with Crippen molar-refractivity contribution in [3.63, 3.8) is 0 Å². The molecule has 0 aliphatic rings. The molecule has 1 aromatic rings. The summed E-state index contributed by atoms with van der Waals surface area (Å²) in [5.74, 6) is -0.334. The lowest BCUT2D eigenvalue weighted by Gasteiger charge is -2.03. The van der Waals surface area contributed by atoms with E-state index in [-0.39, 0.29) is 17.2 Å². The van der Waals surface area contributed by atoms with Crippen LogP contribution in [-0.4, -0.2) is 27.6 Å². The number of aromatic nitrogens is 2. The second-order valence-corrected chi connectivity index (χ2v) is 3.66. The summed E-state index contributed by atoms with van der Waals surface area (Å²) in [5, 5.41) is 8.41. The Morgan fingerprint density at radius 3 is 2.88 bits per heavy atom. The number of hydrogen-bond acceptors (Lipinski definition) is 4. The van der Waals surface area contributed by atoms with Crippen molar-refractivity contribution in [3.8, 4) is 0 Å². The molecule has 0 unspecified atom stereocenters. The smallest absolute Gasteiger partial charge is 0.271 e. The number of nitrogens with one attached hydrogen (secondary N) is 2. The Kier molecular flexibility index (Phi) is 4.59. The van der Waals surface area contributed by atoms with E-state index in [1.807, 2.05) is 0 Å². The van der Waals surface area contributed by atoms with Crippen LogP contribution in [0.1, 0.15) is 23.3 Å². The number of rotatable bonds is 5. The van der Waals surface area contributed by atoms with Crippen molar-refractivity contribution in [2.75, 3.05) is 6.54 Å². The maximum Gasteiger partial charge on any atom is 0.271 e. The summed E-state index contributed by atoms with van der Waals surface area (Å²) >= 11 is 4.70. The number of nitrogens with two attached hydrogens (primary N) is 1. The first-order chi connectivity index (χ1) is 7.59. The van der Waals surface area contributed by atoms with E-state index < -0.39 is 0 Å². The van der Waals surface area contributed by atoms with Gasteiger partial charge in [-0.2, -0.15) is 5.10 Å². The molecule has 0 spiro atoms. The zero-order chi connectivity index (χ0) is 12.0. The lowest BCUT2D eigenvalue weighted by Crippen LogP contribution is -2.27. The molecule has 0 radical (unpaired) electrons. The second-order valence-electron chi connectivity index (χ2n) is 3.13. The first-order valence-corrected chi connectivity index (χ1v) is 5.12. The third kappa shape index (κ3) is 4.18. The van der Waals surface area contributed by atoms with Crippen molar-refractivity contribution in [2.45, 2.75) is 12.8 Å². The van der Waals surface area contributed by atoms with Gasteiger partial charge in [0, 0.05) is 12.6 Å². The highest BCUT2D eigenvalue weighted by molar-refractivity contribution is 7.80. The zero-order valence-corrected chi connectivity index (χ0v) is 9.34. The van der Waals surface area contributed by atoms with Gasteiger partial charge in [-0.15, -0.1) is 0 Å². The Labute approximate surface area is 97.2 Å². The van der Waals surface area contributed by atoms with Crippen LogP contribution < -0.4 is 16.6 Å². The SMILES string of the molecule is NC(=S)CCCNC(=O)c1ccc(=O)[nH]n1. The van der Waals surface area contributed by atoms with Crippen LogP contribution in [0.4, 0.5) is 0 Å². The fourth-order valence-corrected chi connectivity index (χ4v) is 1.17. The van der Waals surface area contributed by atoms with E-state index in [2.05, 4.69) is 15.5 Å². The molecule has 86 valence electrons. The molecule has 0 bridgehead atoms. The molecular formula is C9H12N4O2S. The molecule has 16 heavy (non-hydrogen) atoms. The van der Waals surface area contributed by atoms with Crippen LogP contribution in [-0.2, 0) is 0 Å². The molecule has 0 saturated carbocycles. The molecule has 1 amide bonds. The van der Waals surface area contributed by atoms with Crippen LogP contribution in [0.2, 0.25) is 0 Å². The average Bonchev–Trinajstić information content (AvgIpc) is 2.25. The van der Waals surface area contributed by atoms with Gasteiger partial charge in [-0.05, 0) is 18.9 Å². The van der Waals surface area contributed by atoms with E-state index in [9.17, 15) is 9.59 Å². The molecule has 0 aliphatic heterocycles. The normalized spacial score (nSPS) is 9.75. The first-order valence-electron chi connectivity index (χ1n) is 4.72. The minimum absolute atomic E-state index is 0.176. The Bertz CT molecular complexity index is 423. The highest BCUT2D eigenvalue weighted by Crippen LogP contribution is 1.91. The predicted octanol–water partition coefficient (Wildman–Crippen LogP) is -0.434. The number of thiocarbonyl (C=S) groups is 1. The number of carbonyl (C=O) groups excluding carboxylic acids is 1. The number of nitrogens with zero attached hydrogens (tertiary/aromatic N) is 1. The van der Waals surface area contributed by atoms with E-state index in [1.54, 1.807) is 0 Å². The summed E-state index contributed by atoms with van der Waals surface area (Å²) in [6.07, 6.45) is 1.28. The van der Waals surface area contributed by atoms with E-state index in [0.29, 0.717) is 24.4 Å². The summed E-state index contributed by atoms with van der Waals surface area (Å²) in [4.78, 5) is 22.6. The molecule has 0 atom stereocenters. The quantitative estimate of drug-likeness (QED) is 0.479. The molecule has 0 aliphatic carbocycles. The molecular weight excluding hydrogens is 228 g/mol. The molecule has 1 heterocycles. The Hall–Kier alpha value is -1.76. The average molecular weight is 240 g/mol. The van der Waals surface area contributed by atoms with Crippen molar-refractivity contribution in [1.29, 1.82) is 0 Å². The molecule has 0 aromatic carbocycles. The summed E-state index contributed by atoms with van der Waals surface area (Å²) in [5.41, 5.74) is 5.14. The van der Waals surface area contributed by atoms with Crippen LogP contribution in [0.3, 0.4) is 0 Å². The summed E-state index contributed by atoms with van der Waals surface area (Å²) in [7, 11) is 0. The van der Waals surface area contributed by atoms with Gasteiger partial charge in [0.05, 0.1) is 4.99 Å². The van der Waals surface area contributed by atoms with Crippen molar-refractivity contribution in [2.24, 2.45) is 5.73 Å². The van der Waals surface area contributed by atoms with Crippen molar-refractivity contribution >= 4 is 23.1 Å². The number of amides is 1. The molecule has 0 fully saturated rings. The monoisotopic (exact) mass is 240 g/mol. The maximum atomic E-state index is 11.4. The predicted molar refractivity (Wildman–Crippen MR) is 63.2 cm³/mol. The third-order valence-corrected chi connectivity index (χ3v) is 2.00. The van der Waals surface area contributed by atoms with Gasteiger partial charge < -0.3 is 11.1 Å². The Morgan fingerprint density at radius 1 is 1.56 bits per heavy atom. The molecule has 7 heteroatoms. The number of H-pyrrole nitrogens is 1. The summed E-state index contributed by atoms with van der Waals surface area (Å²) < 4.78 is 0. The second kappa shape index (κ2) is 5.96. The van der Waals surface area contributed by atoms with E-state index in [1.165, 1.54) is 12.1 Å². The highest BCUT2D eigenvalue weighted by Gasteiger charge is 2.05. The van der Waals surface area contributed by atoms with Crippen LogP contribution >= 0.6 is 12.2 Å². The van der Waals surface area contributed by atoms with Crippen LogP contribution in [0.15, 0.2) is 16.9 Å². The maximum absolute atomic E-state index is 11.4. The lowest BCUT2D eigenvalue weighted by molar-refractivity contribution is 0.0947. The minimum atomic E-state index is -0.343. The highest BCUT2D eigenvalue weighted by atomic mass is 32.1. The Balaban J connectivity index is 2.38. The number of hydrogen-bond donors (Lipinski definition) is 3. The van der Waals surface area contributed by atoms with Crippen molar-refractivity contribution < 1.29 is 4.79 Å². The van der Waals surface area contributed by atoms with Gasteiger partial charge in [0.2, 0.25) is 0 Å². The third-order valence-electron chi connectivity index (χ3n) is 1.80. The van der Waals surface area contributed by atoms with Gasteiger partial charge in [0.15, 0.2) is 0 Å². The van der Waals surface area contributed by atoms with E-state index in [0.717, 1.165) is 0 Å². The van der Waals surface area contributed by atoms with Crippen LogP contribution in [0.5, 0.6) is 0 Å². The minimum Gasteiger partial charge on any atom is -0.393 e. The Morgan fingerprint density at radius 2 is 2.31 bits per heavy atom. The van der Waals surface area contributed by atoms with Crippen LogP contribution in [0, 0.1) is 0 Å². The van der Waals surface area contributed by atoms with Crippen molar-refractivity contribution in [3.05, 3.63) is 28.2 Å². The number of aromatic amines is 1. The first kappa shape index (κ1) is 12.3. The van der Waals surface area contributed by atoms with Gasteiger partial charge in [0.1, 0.15) is 5.69 Å². The summed E-state index contributed by atoms with van der Waals surface area (Å²) in [6.45, 7) is 0.469. The topological polar surface area (TPSA) is 101 Å². The van der Waals surface area contributed by atoms with E-state index >= 15 is 0 Å². The van der Waals surface area contributed by atoms with Gasteiger partial charge in [0.25, 0.3) is 11.5 Å². The standard InChI is InChI=1S/C9H12N4O2S/c10-7(16)2-1-5-11-9(15)6-3-4-8(14)13-12-6/h3-4H,1-2,5H2,(H2,10,16)(H,11,15)(H,13,14). The van der Waals surface area contributed by atoms with Crippen LogP contribution in [0.25, 0.3) is 0 Å². The molecule has 0 saturated heterocycles. The van der Waals surface area contributed by atoms with Gasteiger partial charge in [-0.25, -0.2) is 5.10 Å². The van der Waals surface area contributed by atoms with Gasteiger partial charge in [-0.1, -0.05) is 12.2 Å². The molecule has 4 N–H and O–H groups in total.